The van der Waals surface area contributed by atoms with Gasteiger partial charge < -0.3 is 14.4 Å². The van der Waals surface area contributed by atoms with Crippen molar-refractivity contribution in [3.05, 3.63) is 54.1 Å². The second-order valence-electron chi connectivity index (χ2n) is 5.45. The highest BCUT2D eigenvalue weighted by molar-refractivity contribution is 8.00. The molecule has 5 heteroatoms. The summed E-state index contributed by atoms with van der Waals surface area (Å²) in [6.07, 6.45) is 0. The van der Waals surface area contributed by atoms with Gasteiger partial charge in [-0.1, -0.05) is 30.3 Å². The normalized spacial score (nSPS) is 14.2. The lowest BCUT2D eigenvalue weighted by Gasteiger charge is -2.22. The molecular formula is C18H19NO3S. The smallest absolute Gasteiger partial charge is 0.240 e. The van der Waals surface area contributed by atoms with Crippen molar-refractivity contribution in [2.75, 3.05) is 27.3 Å². The molecule has 0 saturated heterocycles. The predicted octanol–water partition coefficient (Wildman–Crippen LogP) is 3.38. The maximum Gasteiger partial charge on any atom is 0.240 e. The Balaban J connectivity index is 1.88. The predicted molar refractivity (Wildman–Crippen MR) is 91.2 cm³/mol. The molecule has 0 N–H and O–H groups in total. The number of thioether (sulfide) groups is 1. The third kappa shape index (κ3) is 3.62. The van der Waals surface area contributed by atoms with E-state index in [2.05, 4.69) is 0 Å². The Morgan fingerprint density at radius 3 is 2.43 bits per heavy atom. The Kier molecular flexibility index (Phi) is 4.76. The van der Waals surface area contributed by atoms with Crippen LogP contribution in [0.1, 0.15) is 10.8 Å². The van der Waals surface area contributed by atoms with Crippen LogP contribution in [0.2, 0.25) is 0 Å². The molecule has 1 unspecified atom stereocenters. The molecule has 4 nitrogen and oxygen atoms in total. The first-order valence-electron chi connectivity index (χ1n) is 7.47. The van der Waals surface area contributed by atoms with Gasteiger partial charge in [0.2, 0.25) is 5.91 Å². The van der Waals surface area contributed by atoms with Gasteiger partial charge in [-0.05, 0) is 23.8 Å². The largest absolute Gasteiger partial charge is 0.486 e. The van der Waals surface area contributed by atoms with Gasteiger partial charge in [0.25, 0.3) is 0 Å². The van der Waals surface area contributed by atoms with E-state index in [0.717, 1.165) is 22.0 Å². The van der Waals surface area contributed by atoms with Crippen molar-refractivity contribution in [2.45, 2.75) is 10.1 Å². The molecule has 0 bridgehead atoms. The fraction of sp³-hybridized carbons (Fsp3) is 0.278. The van der Waals surface area contributed by atoms with Crippen LogP contribution in [0.15, 0.2) is 53.4 Å². The number of fused-ring (bicyclic) bond motifs is 1. The van der Waals surface area contributed by atoms with Crippen LogP contribution in [0.5, 0.6) is 11.5 Å². The number of benzene rings is 2. The summed E-state index contributed by atoms with van der Waals surface area (Å²) < 4.78 is 11.2. The third-order valence-corrected chi connectivity index (χ3v) is 4.77. The van der Waals surface area contributed by atoms with E-state index in [0.29, 0.717) is 13.2 Å². The second kappa shape index (κ2) is 6.96. The highest BCUT2D eigenvalue weighted by Gasteiger charge is 2.24. The van der Waals surface area contributed by atoms with Gasteiger partial charge in [0.1, 0.15) is 18.5 Å². The van der Waals surface area contributed by atoms with Crippen LogP contribution >= 0.6 is 11.8 Å². The van der Waals surface area contributed by atoms with Gasteiger partial charge in [-0.3, -0.25) is 4.79 Å². The summed E-state index contributed by atoms with van der Waals surface area (Å²) in [6, 6.07) is 15.6. The Labute approximate surface area is 140 Å². The molecule has 1 heterocycles. The molecule has 23 heavy (non-hydrogen) atoms. The summed E-state index contributed by atoms with van der Waals surface area (Å²) in [5, 5.41) is -0.284. The van der Waals surface area contributed by atoms with Crippen LogP contribution < -0.4 is 9.47 Å². The minimum absolute atomic E-state index is 0.0658. The number of carbonyl (C=O) groups excluding carboxylic acids is 1. The average Bonchev–Trinajstić information content (AvgIpc) is 2.59. The van der Waals surface area contributed by atoms with Crippen LogP contribution in [0.25, 0.3) is 0 Å². The molecule has 120 valence electrons. The highest BCUT2D eigenvalue weighted by Crippen LogP contribution is 2.40. The molecule has 2 aromatic rings. The zero-order chi connectivity index (χ0) is 16.2. The van der Waals surface area contributed by atoms with Crippen molar-refractivity contribution in [3.8, 4) is 11.5 Å². The van der Waals surface area contributed by atoms with Gasteiger partial charge in [-0.2, -0.15) is 0 Å². The number of hydrogen-bond acceptors (Lipinski definition) is 4. The number of rotatable bonds is 4. The minimum atomic E-state index is -0.284. The van der Waals surface area contributed by atoms with Gasteiger partial charge in [0, 0.05) is 19.0 Å². The quantitative estimate of drug-likeness (QED) is 0.806. The molecule has 1 atom stereocenters. The van der Waals surface area contributed by atoms with Crippen LogP contribution in [0.3, 0.4) is 0 Å². The zero-order valence-electron chi connectivity index (χ0n) is 13.2. The fourth-order valence-corrected chi connectivity index (χ4v) is 3.56. The van der Waals surface area contributed by atoms with Gasteiger partial charge in [0.05, 0.1) is 0 Å². The van der Waals surface area contributed by atoms with Gasteiger partial charge in [0.15, 0.2) is 11.5 Å². The highest BCUT2D eigenvalue weighted by atomic mass is 32.2. The molecule has 0 saturated carbocycles. The monoisotopic (exact) mass is 329 g/mol. The first-order chi connectivity index (χ1) is 11.1. The van der Waals surface area contributed by atoms with E-state index in [9.17, 15) is 4.79 Å². The number of carbonyl (C=O) groups is 1. The summed E-state index contributed by atoms with van der Waals surface area (Å²) in [5.74, 6) is 1.57. The maximum absolute atomic E-state index is 12.6. The van der Waals surface area contributed by atoms with Crippen LogP contribution in [-0.2, 0) is 4.79 Å². The van der Waals surface area contributed by atoms with Gasteiger partial charge >= 0.3 is 0 Å². The van der Waals surface area contributed by atoms with Gasteiger partial charge in [-0.25, -0.2) is 0 Å². The van der Waals surface area contributed by atoms with E-state index in [1.54, 1.807) is 19.0 Å². The van der Waals surface area contributed by atoms with E-state index in [1.807, 2.05) is 48.5 Å². The van der Waals surface area contributed by atoms with Crippen LogP contribution in [0, 0.1) is 0 Å². The first kappa shape index (κ1) is 15.7. The lowest BCUT2D eigenvalue weighted by atomic mass is 10.1. The Hall–Kier alpha value is -2.14. The summed E-state index contributed by atoms with van der Waals surface area (Å²) in [7, 11) is 3.56. The van der Waals surface area contributed by atoms with Crippen LogP contribution in [0.4, 0.5) is 0 Å². The first-order valence-corrected chi connectivity index (χ1v) is 8.35. The van der Waals surface area contributed by atoms with E-state index >= 15 is 0 Å². The fourth-order valence-electron chi connectivity index (χ4n) is 2.36. The van der Waals surface area contributed by atoms with Gasteiger partial charge in [-0.15, -0.1) is 11.8 Å². The molecule has 2 aromatic carbocycles. The third-order valence-electron chi connectivity index (χ3n) is 3.53. The molecule has 3 rings (SSSR count). The molecule has 1 aliphatic rings. The van der Waals surface area contributed by atoms with Crippen molar-refractivity contribution in [1.29, 1.82) is 0 Å². The van der Waals surface area contributed by atoms with Crippen molar-refractivity contribution >= 4 is 17.7 Å². The Morgan fingerprint density at radius 2 is 1.74 bits per heavy atom. The standard InChI is InChI=1S/C18H19NO3S/c1-19(2)18(20)17(13-6-4-3-5-7-13)23-14-8-9-15-16(12-14)22-11-10-21-15/h3-9,12,17H,10-11H2,1-2H3. The number of likely N-dealkylation sites (N-methyl/N-ethyl adjacent to an activating group) is 1. The zero-order valence-corrected chi connectivity index (χ0v) is 14.0. The Bertz CT molecular complexity index is 688. The van der Waals surface area contributed by atoms with E-state index < -0.39 is 0 Å². The SMILES string of the molecule is CN(C)C(=O)C(Sc1ccc2c(c1)OCCO2)c1ccccc1. The molecule has 0 radical (unpaired) electrons. The molecule has 0 aromatic heterocycles. The van der Waals surface area contributed by atoms with Crippen LogP contribution in [-0.4, -0.2) is 38.1 Å². The average molecular weight is 329 g/mol. The molecule has 0 fully saturated rings. The van der Waals surface area contributed by atoms with E-state index in [-0.39, 0.29) is 11.2 Å². The van der Waals surface area contributed by atoms with E-state index in [4.69, 9.17) is 9.47 Å². The number of hydrogen-bond donors (Lipinski definition) is 0. The maximum atomic E-state index is 12.6. The molecular weight excluding hydrogens is 310 g/mol. The summed E-state index contributed by atoms with van der Waals surface area (Å²) in [5.41, 5.74) is 0.992. The van der Waals surface area contributed by atoms with Crippen molar-refractivity contribution in [3.63, 3.8) is 0 Å². The lowest BCUT2D eigenvalue weighted by molar-refractivity contribution is -0.128. The van der Waals surface area contributed by atoms with Crippen molar-refractivity contribution < 1.29 is 14.3 Å². The number of ether oxygens (including phenoxy) is 2. The summed E-state index contributed by atoms with van der Waals surface area (Å²) >= 11 is 1.52. The molecule has 1 aliphatic heterocycles. The second-order valence-corrected chi connectivity index (χ2v) is 6.63. The Morgan fingerprint density at radius 1 is 1.04 bits per heavy atom. The summed E-state index contributed by atoms with van der Waals surface area (Å²) in [6.45, 7) is 1.13. The minimum Gasteiger partial charge on any atom is -0.486 e. The summed E-state index contributed by atoms with van der Waals surface area (Å²) in [4.78, 5) is 15.2. The molecule has 0 aliphatic carbocycles. The molecule has 1 amide bonds. The van der Waals surface area contributed by atoms with Crippen molar-refractivity contribution in [1.82, 2.24) is 4.90 Å². The van der Waals surface area contributed by atoms with Crippen molar-refractivity contribution in [2.24, 2.45) is 0 Å². The number of amides is 1. The van der Waals surface area contributed by atoms with E-state index in [1.165, 1.54) is 11.8 Å². The number of nitrogens with zero attached hydrogens (tertiary/aromatic N) is 1. The lowest BCUT2D eigenvalue weighted by Crippen LogP contribution is -2.26. The topological polar surface area (TPSA) is 38.8 Å². The molecule has 0 spiro atoms.